The molecule has 0 aliphatic carbocycles. The van der Waals surface area contributed by atoms with Crippen LogP contribution in [0.1, 0.15) is 270 Å². The Morgan fingerprint density at radius 2 is 0.433 bits per heavy atom. The molecular weight excluding hydrogens is 1910 g/mol. The smallest absolute Gasteiger partial charge is 0.550 e. The van der Waals surface area contributed by atoms with Crippen LogP contribution in [0.2, 0.25) is 0 Å². The van der Waals surface area contributed by atoms with Gasteiger partial charge in [-0.1, -0.05) is 38.0 Å². The molecule has 0 saturated heterocycles. The monoisotopic (exact) mass is 2000 g/mol. The number of nitrogens with one attached hydrogen (secondary N) is 6. The van der Waals surface area contributed by atoms with Crippen LogP contribution in [0.4, 0.5) is 0 Å². The molecule has 9 aromatic heterocycles. The van der Waals surface area contributed by atoms with Crippen LogP contribution >= 0.6 is 69.6 Å². The van der Waals surface area contributed by atoms with E-state index in [9.17, 15) is 59.4 Å². The summed E-state index contributed by atoms with van der Waals surface area (Å²) in [4.78, 5) is 119. The van der Waals surface area contributed by atoms with Crippen molar-refractivity contribution in [3.05, 3.63) is 228 Å². The molecule has 134 heavy (non-hydrogen) atoms. The molecule has 24 nitrogen and oxygen atoms in total. The number of fused-ring (bicyclic) bond motifs is 24. The summed E-state index contributed by atoms with van der Waals surface area (Å²) in [7, 11) is 0. The quantitative estimate of drug-likeness (QED) is 0.0206. The molecule has 6 aliphatic rings. The van der Waals surface area contributed by atoms with Crippen molar-refractivity contribution in [2.24, 2.45) is 0 Å². The maximum atomic E-state index is 11.4. The summed E-state index contributed by atoms with van der Waals surface area (Å²) in [6, 6.07) is 23.0. The standard InChI is InChI=1S/3C34H34Cl2N4O4.2Mn/c3*1-6-20-16(2)26-13-31-34(23(36)15-35)19(5)27(40-31)11-24-17(3)21(7-9-32(41)42)29(38-24)14-30-22(8-10-33(43)44)18(4)25(39-30)12-28(20)37-26;;/h3*6,11-14,23,37,40H,1,7-10,15H2,2-5H3,(H,41,42)(H,43,44);;/q;;;2*+3/p-6. The molecule has 9 aromatic rings. The Bertz CT molecular complexity index is 6520. The predicted octanol–water partition coefficient (Wildman–Crippen LogP) is 18.0. The third-order valence-electron chi connectivity index (χ3n) is 25.3. The first kappa shape index (κ1) is 103. The number of alkyl halides is 6. The van der Waals surface area contributed by atoms with Crippen molar-refractivity contribution in [1.29, 1.82) is 0 Å². The second-order valence-electron chi connectivity index (χ2n) is 33.3. The molecular formula is C102H96Cl6Mn2N12O12. The predicted molar refractivity (Wildman–Crippen MR) is 520 cm³/mol. The van der Waals surface area contributed by atoms with Crippen molar-refractivity contribution < 1.29 is 93.5 Å². The number of carbonyl (C=O) groups is 6. The first-order valence-corrected chi connectivity index (χ1v) is 45.9. The van der Waals surface area contributed by atoms with Crippen molar-refractivity contribution in [2.75, 3.05) is 17.6 Å². The van der Waals surface area contributed by atoms with Gasteiger partial charge in [-0.25, -0.2) is 29.9 Å². The van der Waals surface area contributed by atoms with Crippen LogP contribution in [0.15, 0.2) is 92.5 Å². The number of carbonyl (C=O) groups excluding carboxylic acids is 6. The van der Waals surface area contributed by atoms with Crippen LogP contribution in [-0.4, -0.2) is 113 Å². The van der Waals surface area contributed by atoms with E-state index >= 15 is 0 Å². The van der Waals surface area contributed by atoms with Gasteiger partial charge < -0.3 is 89.3 Å². The summed E-state index contributed by atoms with van der Waals surface area (Å²) in [5, 5.41) is 67.3. The molecule has 6 aliphatic heterocycles. The van der Waals surface area contributed by atoms with Crippen molar-refractivity contribution in [3.63, 3.8) is 0 Å². The Hall–Kier alpha value is -11.4. The molecule has 0 amide bonds. The van der Waals surface area contributed by atoms with Gasteiger partial charge in [0.25, 0.3) is 0 Å². The summed E-state index contributed by atoms with van der Waals surface area (Å²) in [5.74, 6) is -6.31. The second kappa shape index (κ2) is 43.5. The van der Waals surface area contributed by atoms with Gasteiger partial charge in [0, 0.05) is 136 Å². The number of rotatable bonds is 27. The molecule has 15 heterocycles. The van der Waals surface area contributed by atoms with E-state index in [1.165, 1.54) is 0 Å². The minimum atomic E-state index is -1.16. The summed E-state index contributed by atoms with van der Waals surface area (Å²) in [6.07, 6.45) is 5.62. The van der Waals surface area contributed by atoms with Gasteiger partial charge in [-0.05, 0) is 350 Å². The Kier molecular flexibility index (Phi) is 33.5. The zero-order valence-electron chi connectivity index (χ0n) is 75.7. The number of carboxylic acid groups (broad SMARTS) is 6. The van der Waals surface area contributed by atoms with Crippen LogP contribution < -0.4 is 30.6 Å². The number of halogens is 6. The maximum Gasteiger partial charge on any atom is 3.00 e. The molecule has 32 heteroatoms. The normalized spacial score (nSPS) is 13.7. The minimum absolute atomic E-state index is 0. The van der Waals surface area contributed by atoms with Crippen LogP contribution in [0, 0.1) is 41.5 Å². The van der Waals surface area contributed by atoms with Crippen LogP contribution in [0.5, 0.6) is 0 Å². The summed E-state index contributed by atoms with van der Waals surface area (Å²) in [5.41, 5.74) is 37.8. The van der Waals surface area contributed by atoms with Gasteiger partial charge in [-0.15, -0.1) is 69.6 Å². The van der Waals surface area contributed by atoms with Gasteiger partial charge in [0.2, 0.25) is 0 Å². The van der Waals surface area contributed by atoms with E-state index in [1.54, 1.807) is 18.2 Å². The molecule has 15 rings (SSSR count). The van der Waals surface area contributed by atoms with Gasteiger partial charge >= 0.3 is 34.1 Å². The Balaban J connectivity index is 0.000000192. The number of hydrogen-bond acceptors (Lipinski definition) is 18. The van der Waals surface area contributed by atoms with E-state index in [0.29, 0.717) is 68.3 Å². The van der Waals surface area contributed by atoms with Crippen LogP contribution in [-0.2, 0) is 62.9 Å². The largest absolute Gasteiger partial charge is 3.00 e. The number of allylic oxidation sites excluding steroid dienone is 12. The van der Waals surface area contributed by atoms with Crippen molar-refractivity contribution in [2.45, 2.75) is 176 Å². The van der Waals surface area contributed by atoms with E-state index in [0.717, 1.165) is 200 Å². The van der Waals surface area contributed by atoms with Crippen molar-refractivity contribution in [1.82, 2.24) is 59.8 Å². The summed E-state index contributed by atoms with van der Waals surface area (Å²) in [6.45, 7) is 35.5. The average Bonchev–Trinajstić information content (AvgIpc) is 1.62. The zero-order chi connectivity index (χ0) is 95.6. The second-order valence-corrected chi connectivity index (χ2v) is 35.8. The number of aromatic nitrogens is 12. The van der Waals surface area contributed by atoms with Gasteiger partial charge in [0.05, 0.1) is 84.5 Å². The molecule has 24 bridgehead atoms. The van der Waals surface area contributed by atoms with Gasteiger partial charge in [-0.3, -0.25) is 0 Å². The Morgan fingerprint density at radius 1 is 0.269 bits per heavy atom. The van der Waals surface area contributed by atoms with Crippen LogP contribution in [0.3, 0.4) is 0 Å². The first-order valence-electron chi connectivity index (χ1n) is 42.9. The first-order chi connectivity index (χ1) is 62.8. The Morgan fingerprint density at radius 3 is 0.597 bits per heavy atom. The van der Waals surface area contributed by atoms with Crippen molar-refractivity contribution in [3.8, 4) is 0 Å². The van der Waals surface area contributed by atoms with Crippen LogP contribution in [0.25, 0.3) is 151 Å². The Labute approximate surface area is 825 Å². The molecule has 0 aromatic carbocycles. The topological polar surface area (TPSA) is 413 Å². The number of nitrogens with zero attached hydrogens (tertiary/aromatic N) is 6. The number of hydrogen-bond donors (Lipinski definition) is 6. The molecule has 3 atom stereocenters. The third kappa shape index (κ3) is 21.6. The average molecular weight is 2000 g/mol. The molecule has 3 unspecified atom stereocenters. The molecule has 6 N–H and O–H groups in total. The summed E-state index contributed by atoms with van der Waals surface area (Å²) < 4.78 is 0. The molecule has 0 fully saturated rings. The fourth-order valence-electron chi connectivity index (χ4n) is 17.9. The van der Waals surface area contributed by atoms with E-state index in [4.69, 9.17) is 99.5 Å². The maximum absolute atomic E-state index is 11.4. The summed E-state index contributed by atoms with van der Waals surface area (Å²) >= 11 is 39.0. The fraction of sp³-hybridized carbons (Fsp3) is 0.294. The van der Waals surface area contributed by atoms with Gasteiger partial charge in [0.15, 0.2) is 0 Å². The minimum Gasteiger partial charge on any atom is -0.550 e. The zero-order valence-corrected chi connectivity index (χ0v) is 82.6. The SMILES string of the molecule is C=Cc1c(C)c2cc3[nH]c(cc4nc(cc5nc(cc1[nH]2)C(C)=C5CCC(=O)[O-])C(CCC(=O)[O-])=C4C)c(C)c3C(Cl)CCl.C=Cc1c(C)c2cc3[nH]c(cc4nc(cc5nc(cc1[nH]2)C(C)=C5CCC(=O)[O-])C(CCC(=O)[O-])=C4C)c(C)c3C(Cl)CCl.C=Cc1c(C)c2cc3[nH]c(cc4nc(cc5nc(cc1[nH]2)C(C)=C5CCC(=O)[O-])C(CCC(=O)[O-])=C4C)c(C)c3C(Cl)CCl.[Mn+3].[Mn+3]. The fourth-order valence-corrected chi connectivity index (χ4v) is 19.2. The molecule has 0 spiro atoms. The molecule has 692 valence electrons. The van der Waals surface area contributed by atoms with E-state index in [2.05, 4.69) is 49.6 Å². The van der Waals surface area contributed by atoms with E-state index in [1.807, 2.05) is 156 Å². The van der Waals surface area contributed by atoms with E-state index in [-0.39, 0.29) is 129 Å². The number of carboxylic acids is 6. The molecule has 0 saturated carbocycles. The number of aliphatic carboxylic acids is 6. The number of H-pyrrole nitrogens is 6. The third-order valence-corrected chi connectivity index (χ3v) is 27.9. The van der Waals surface area contributed by atoms with E-state index < -0.39 is 51.9 Å². The van der Waals surface area contributed by atoms with Gasteiger partial charge in [0.1, 0.15) is 0 Å². The van der Waals surface area contributed by atoms with Gasteiger partial charge in [-0.2, -0.15) is 0 Å². The van der Waals surface area contributed by atoms with Crippen molar-refractivity contribution >= 4 is 257 Å². The number of aryl methyl sites for hydroxylation is 6. The molecule has 0 radical (unpaired) electrons. The number of aromatic amines is 6.